The molecule has 0 aliphatic carbocycles. The number of aryl methyl sites for hydroxylation is 2. The molecule has 0 bridgehead atoms. The third-order valence-electron chi connectivity index (χ3n) is 3.48. The Kier molecular flexibility index (Phi) is 2.96. The summed E-state index contributed by atoms with van der Waals surface area (Å²) in [6.07, 6.45) is 0.879. The Morgan fingerprint density at radius 2 is 2.16 bits per heavy atom. The van der Waals surface area contributed by atoms with Crippen LogP contribution in [-0.2, 0) is 13.0 Å². The fourth-order valence-electron chi connectivity index (χ4n) is 2.30. The Labute approximate surface area is 120 Å². The van der Waals surface area contributed by atoms with Crippen molar-refractivity contribution in [1.29, 1.82) is 5.26 Å². The Morgan fingerprint density at radius 3 is 2.79 bits per heavy atom. The van der Waals surface area contributed by atoms with Gasteiger partial charge in [0.25, 0.3) is 0 Å². The summed E-state index contributed by atoms with van der Waals surface area (Å²) in [5.41, 5.74) is 8.85. The Bertz CT molecular complexity index is 658. The number of aromatic nitrogens is 1. The minimum absolute atomic E-state index is 0.654. The molecule has 6 heteroatoms. The third kappa shape index (κ3) is 1.99. The molecule has 19 heavy (non-hydrogen) atoms. The predicted molar refractivity (Wildman–Crippen MR) is 79.8 cm³/mol. The molecule has 3 rings (SSSR count). The average molecular weight is 290 g/mol. The lowest BCUT2D eigenvalue weighted by Crippen LogP contribution is -2.29. The normalized spacial score (nSPS) is 14.3. The van der Waals surface area contributed by atoms with E-state index in [1.165, 1.54) is 9.75 Å². The topological polar surface area (TPSA) is 65.9 Å². The standard InChI is InChI=1S/C13H14N4S2/c1-7-8(2)18-13(16-7)17-4-3-9-10(5-14)12(15)19-11(9)6-17/h3-4,6,15H2,1-2H3. The van der Waals surface area contributed by atoms with Crippen molar-refractivity contribution in [3.05, 3.63) is 26.6 Å². The van der Waals surface area contributed by atoms with Crippen LogP contribution in [0.5, 0.6) is 0 Å². The molecule has 0 saturated heterocycles. The van der Waals surface area contributed by atoms with E-state index < -0.39 is 0 Å². The van der Waals surface area contributed by atoms with Gasteiger partial charge in [0.1, 0.15) is 11.1 Å². The molecule has 3 heterocycles. The number of rotatable bonds is 1. The van der Waals surface area contributed by atoms with Crippen LogP contribution >= 0.6 is 22.7 Å². The van der Waals surface area contributed by atoms with E-state index in [0.29, 0.717) is 10.6 Å². The van der Waals surface area contributed by atoms with Gasteiger partial charge in [0.2, 0.25) is 0 Å². The van der Waals surface area contributed by atoms with Crippen LogP contribution in [0.4, 0.5) is 10.1 Å². The molecule has 2 aromatic rings. The van der Waals surface area contributed by atoms with Gasteiger partial charge in [-0.1, -0.05) is 0 Å². The highest BCUT2D eigenvalue weighted by atomic mass is 32.1. The number of fused-ring (bicyclic) bond motifs is 1. The Hall–Kier alpha value is -1.58. The first kappa shape index (κ1) is 12.5. The SMILES string of the molecule is Cc1nc(N2CCc3c(sc(N)c3C#N)C2)sc1C. The zero-order chi connectivity index (χ0) is 13.6. The highest BCUT2D eigenvalue weighted by molar-refractivity contribution is 7.16. The van der Waals surface area contributed by atoms with E-state index >= 15 is 0 Å². The van der Waals surface area contributed by atoms with Gasteiger partial charge in [-0.2, -0.15) is 5.26 Å². The van der Waals surface area contributed by atoms with Crippen molar-refractivity contribution in [2.24, 2.45) is 0 Å². The van der Waals surface area contributed by atoms with Gasteiger partial charge in [-0.05, 0) is 25.8 Å². The van der Waals surface area contributed by atoms with Gasteiger partial charge in [-0.25, -0.2) is 4.98 Å². The van der Waals surface area contributed by atoms with Crippen molar-refractivity contribution >= 4 is 32.8 Å². The number of nitrogen functional groups attached to an aromatic ring is 1. The van der Waals surface area contributed by atoms with E-state index in [-0.39, 0.29) is 0 Å². The molecule has 1 aliphatic rings. The van der Waals surface area contributed by atoms with E-state index in [0.717, 1.165) is 35.9 Å². The number of hydrogen-bond donors (Lipinski definition) is 1. The summed E-state index contributed by atoms with van der Waals surface area (Å²) >= 11 is 3.28. The van der Waals surface area contributed by atoms with Crippen LogP contribution in [0.25, 0.3) is 0 Å². The summed E-state index contributed by atoms with van der Waals surface area (Å²) in [5, 5.41) is 10.9. The maximum absolute atomic E-state index is 9.14. The highest BCUT2D eigenvalue weighted by Gasteiger charge is 2.25. The number of anilines is 2. The van der Waals surface area contributed by atoms with Crippen LogP contribution in [0, 0.1) is 25.2 Å². The monoisotopic (exact) mass is 290 g/mol. The van der Waals surface area contributed by atoms with Crippen molar-refractivity contribution < 1.29 is 0 Å². The number of hydrogen-bond acceptors (Lipinski definition) is 6. The molecule has 0 fully saturated rings. The van der Waals surface area contributed by atoms with Crippen LogP contribution in [0.15, 0.2) is 0 Å². The molecule has 0 aromatic carbocycles. The van der Waals surface area contributed by atoms with Crippen LogP contribution in [-0.4, -0.2) is 11.5 Å². The van der Waals surface area contributed by atoms with E-state index in [2.05, 4.69) is 22.9 Å². The summed E-state index contributed by atoms with van der Waals surface area (Å²) < 4.78 is 0. The maximum Gasteiger partial charge on any atom is 0.186 e. The van der Waals surface area contributed by atoms with E-state index in [1.807, 2.05) is 6.92 Å². The van der Waals surface area contributed by atoms with Gasteiger partial charge in [0, 0.05) is 16.3 Å². The molecule has 0 saturated carbocycles. The van der Waals surface area contributed by atoms with Gasteiger partial charge >= 0.3 is 0 Å². The molecular weight excluding hydrogens is 276 g/mol. The quantitative estimate of drug-likeness (QED) is 0.877. The first-order chi connectivity index (χ1) is 9.10. The van der Waals surface area contributed by atoms with Crippen LogP contribution in [0.1, 0.15) is 26.6 Å². The molecule has 0 amide bonds. The molecule has 98 valence electrons. The zero-order valence-corrected chi connectivity index (χ0v) is 12.5. The van der Waals surface area contributed by atoms with Crippen molar-refractivity contribution in [2.45, 2.75) is 26.8 Å². The maximum atomic E-state index is 9.14. The van der Waals surface area contributed by atoms with E-state index in [1.54, 1.807) is 22.7 Å². The second-order valence-electron chi connectivity index (χ2n) is 4.66. The van der Waals surface area contributed by atoms with Gasteiger partial charge in [0.05, 0.1) is 17.8 Å². The van der Waals surface area contributed by atoms with Crippen LogP contribution in [0.3, 0.4) is 0 Å². The van der Waals surface area contributed by atoms with Crippen molar-refractivity contribution in [2.75, 3.05) is 17.2 Å². The van der Waals surface area contributed by atoms with Crippen molar-refractivity contribution in [1.82, 2.24) is 4.98 Å². The molecule has 0 unspecified atom stereocenters. The first-order valence-corrected chi connectivity index (χ1v) is 7.72. The third-order valence-corrected chi connectivity index (χ3v) is 5.66. The molecule has 4 nitrogen and oxygen atoms in total. The molecule has 0 spiro atoms. The average Bonchev–Trinajstić information content (AvgIpc) is 2.88. The fourth-order valence-corrected chi connectivity index (χ4v) is 4.32. The Balaban J connectivity index is 1.93. The summed E-state index contributed by atoms with van der Waals surface area (Å²) in [6, 6.07) is 2.23. The number of thiazole rings is 1. The van der Waals surface area contributed by atoms with Crippen LogP contribution < -0.4 is 10.6 Å². The summed E-state index contributed by atoms with van der Waals surface area (Å²) in [5.74, 6) is 0. The smallest absolute Gasteiger partial charge is 0.186 e. The predicted octanol–water partition coefficient (Wildman–Crippen LogP) is 2.84. The van der Waals surface area contributed by atoms with E-state index in [4.69, 9.17) is 11.0 Å². The molecule has 1 aliphatic heterocycles. The Morgan fingerprint density at radius 1 is 1.37 bits per heavy atom. The minimum Gasteiger partial charge on any atom is -0.389 e. The lowest BCUT2D eigenvalue weighted by Gasteiger charge is -2.26. The van der Waals surface area contributed by atoms with Gasteiger partial charge in [-0.3, -0.25) is 0 Å². The number of nitriles is 1. The van der Waals surface area contributed by atoms with E-state index in [9.17, 15) is 0 Å². The second-order valence-corrected chi connectivity index (χ2v) is 6.98. The van der Waals surface area contributed by atoms with Crippen molar-refractivity contribution in [3.8, 4) is 6.07 Å². The zero-order valence-electron chi connectivity index (χ0n) is 10.9. The summed E-state index contributed by atoms with van der Waals surface area (Å²) in [4.78, 5) is 9.37. The second kappa shape index (κ2) is 4.51. The fraction of sp³-hybridized carbons (Fsp3) is 0.385. The molecule has 0 atom stereocenters. The molecule has 0 radical (unpaired) electrons. The summed E-state index contributed by atoms with van der Waals surface area (Å²) in [7, 11) is 0. The molecule has 2 N–H and O–H groups in total. The van der Waals surface area contributed by atoms with Crippen LogP contribution in [0.2, 0.25) is 0 Å². The van der Waals surface area contributed by atoms with Gasteiger partial charge in [-0.15, -0.1) is 22.7 Å². The largest absolute Gasteiger partial charge is 0.389 e. The number of nitrogens with zero attached hydrogens (tertiary/aromatic N) is 3. The van der Waals surface area contributed by atoms with Gasteiger partial charge in [0.15, 0.2) is 5.13 Å². The lowest BCUT2D eigenvalue weighted by atomic mass is 10.0. The minimum atomic E-state index is 0.654. The number of nitrogens with two attached hydrogens (primary N) is 1. The molecular formula is C13H14N4S2. The first-order valence-electron chi connectivity index (χ1n) is 6.09. The lowest BCUT2D eigenvalue weighted by molar-refractivity contribution is 0.739. The summed E-state index contributed by atoms with van der Waals surface area (Å²) in [6.45, 7) is 5.87. The highest BCUT2D eigenvalue weighted by Crippen LogP contribution is 2.37. The number of thiophene rings is 1. The van der Waals surface area contributed by atoms with Crippen molar-refractivity contribution in [3.63, 3.8) is 0 Å². The van der Waals surface area contributed by atoms with Gasteiger partial charge < -0.3 is 10.6 Å². The molecule has 2 aromatic heterocycles.